The monoisotopic (exact) mass is 759 g/mol. The number of rotatable bonds is 33. The molecule has 6 atom stereocenters. The van der Waals surface area contributed by atoms with Gasteiger partial charge in [0.05, 0.1) is 19.8 Å². The number of ether oxygens (including phenoxy) is 4. The molecule has 54 heavy (non-hydrogen) atoms. The minimum Gasteiger partial charge on any atom is -0.457 e. The number of aliphatic hydroxyl groups is 4. The van der Waals surface area contributed by atoms with E-state index in [0.29, 0.717) is 6.61 Å². The number of hydrogen-bond acceptors (Lipinski definition) is 9. The van der Waals surface area contributed by atoms with Crippen LogP contribution in [0.4, 0.5) is 0 Å². The highest BCUT2D eigenvalue weighted by molar-refractivity contribution is 5.69. The molecule has 9 heteroatoms. The molecule has 1 rings (SSSR count). The van der Waals surface area contributed by atoms with Crippen molar-refractivity contribution in [2.45, 2.75) is 166 Å². The number of esters is 1. The summed E-state index contributed by atoms with van der Waals surface area (Å²) in [7, 11) is 0. The quantitative estimate of drug-likeness (QED) is 0.0295. The highest BCUT2D eigenvalue weighted by Crippen LogP contribution is 2.22. The molecule has 0 aromatic carbocycles. The van der Waals surface area contributed by atoms with E-state index in [9.17, 15) is 25.2 Å². The van der Waals surface area contributed by atoms with E-state index >= 15 is 0 Å². The van der Waals surface area contributed by atoms with Crippen molar-refractivity contribution >= 4 is 5.97 Å². The predicted molar refractivity (Wildman–Crippen MR) is 219 cm³/mol. The molecule has 308 valence electrons. The SMILES string of the molecule is CC/C=C\C/C=C\C/C=C\C/C=C\C/C=C\CCCCOCC(COC1OC(CO)C(O)C(O)C1O)OC(=O)CCCCCCC/C=C\C/C=C\CCC. The van der Waals surface area contributed by atoms with Crippen LogP contribution in [0.25, 0.3) is 0 Å². The summed E-state index contributed by atoms with van der Waals surface area (Å²) in [4.78, 5) is 12.7. The van der Waals surface area contributed by atoms with Gasteiger partial charge in [-0.05, 0) is 83.5 Å². The van der Waals surface area contributed by atoms with Crippen LogP contribution in [-0.4, -0.2) is 89.6 Å². The molecule has 1 heterocycles. The minimum absolute atomic E-state index is 0.104. The predicted octanol–water partition coefficient (Wildman–Crippen LogP) is 8.69. The van der Waals surface area contributed by atoms with E-state index in [1.165, 1.54) is 6.42 Å². The Labute approximate surface area is 327 Å². The molecule has 0 aromatic heterocycles. The van der Waals surface area contributed by atoms with Crippen LogP contribution in [0.3, 0.4) is 0 Å². The van der Waals surface area contributed by atoms with Crippen LogP contribution < -0.4 is 0 Å². The van der Waals surface area contributed by atoms with Gasteiger partial charge in [-0.2, -0.15) is 0 Å². The summed E-state index contributed by atoms with van der Waals surface area (Å²) in [6, 6.07) is 0. The molecular weight excluding hydrogens is 684 g/mol. The Hall–Kier alpha value is -2.63. The van der Waals surface area contributed by atoms with Gasteiger partial charge in [0.1, 0.15) is 30.5 Å². The van der Waals surface area contributed by atoms with Crippen molar-refractivity contribution in [1.29, 1.82) is 0 Å². The smallest absolute Gasteiger partial charge is 0.306 e. The summed E-state index contributed by atoms with van der Waals surface area (Å²) in [6.07, 6.45) is 40.4. The van der Waals surface area contributed by atoms with Gasteiger partial charge in [-0.15, -0.1) is 0 Å². The highest BCUT2D eigenvalue weighted by atomic mass is 16.7. The first-order chi connectivity index (χ1) is 26.4. The third-order valence-electron chi connectivity index (χ3n) is 8.78. The average molecular weight is 759 g/mol. The number of allylic oxidation sites excluding steroid dienone is 14. The van der Waals surface area contributed by atoms with Gasteiger partial charge in [-0.25, -0.2) is 0 Å². The van der Waals surface area contributed by atoms with Crippen LogP contribution in [0.1, 0.15) is 129 Å². The maximum absolute atomic E-state index is 12.7. The van der Waals surface area contributed by atoms with Crippen molar-refractivity contribution in [2.75, 3.05) is 26.4 Å². The number of carbonyl (C=O) groups is 1. The molecule has 0 amide bonds. The first kappa shape index (κ1) is 49.4. The lowest BCUT2D eigenvalue weighted by Gasteiger charge is -2.39. The van der Waals surface area contributed by atoms with Gasteiger partial charge >= 0.3 is 5.97 Å². The Morgan fingerprint density at radius 3 is 1.70 bits per heavy atom. The number of carbonyl (C=O) groups excluding carboxylic acids is 1. The van der Waals surface area contributed by atoms with Crippen molar-refractivity contribution in [2.24, 2.45) is 0 Å². The molecule has 0 aliphatic carbocycles. The molecule has 0 saturated carbocycles. The fraction of sp³-hybridized carbons (Fsp3) is 0.667. The lowest BCUT2D eigenvalue weighted by Crippen LogP contribution is -2.59. The average Bonchev–Trinajstić information content (AvgIpc) is 3.17. The van der Waals surface area contributed by atoms with Crippen LogP contribution in [0.2, 0.25) is 0 Å². The first-order valence-corrected chi connectivity index (χ1v) is 20.7. The van der Waals surface area contributed by atoms with Gasteiger partial charge in [0.2, 0.25) is 0 Å². The maximum atomic E-state index is 12.7. The molecule has 1 aliphatic rings. The molecule has 4 N–H and O–H groups in total. The van der Waals surface area contributed by atoms with Crippen molar-refractivity contribution in [1.82, 2.24) is 0 Å². The Kier molecular flexibility index (Phi) is 33.0. The maximum Gasteiger partial charge on any atom is 0.306 e. The second-order valence-electron chi connectivity index (χ2n) is 13.7. The first-order valence-electron chi connectivity index (χ1n) is 20.7. The fourth-order valence-electron chi connectivity index (χ4n) is 5.55. The molecule has 0 aromatic rings. The van der Waals surface area contributed by atoms with E-state index in [0.717, 1.165) is 103 Å². The van der Waals surface area contributed by atoms with Crippen LogP contribution in [0, 0.1) is 0 Å². The Bertz CT molecular complexity index is 1090. The third-order valence-corrected chi connectivity index (χ3v) is 8.78. The topological polar surface area (TPSA) is 135 Å². The van der Waals surface area contributed by atoms with Crippen molar-refractivity contribution < 1.29 is 44.2 Å². The molecule has 0 spiro atoms. The van der Waals surface area contributed by atoms with Crippen LogP contribution >= 0.6 is 0 Å². The van der Waals surface area contributed by atoms with Crippen molar-refractivity contribution in [3.8, 4) is 0 Å². The molecule has 6 unspecified atom stereocenters. The van der Waals surface area contributed by atoms with E-state index in [1.807, 2.05) is 0 Å². The summed E-state index contributed by atoms with van der Waals surface area (Å²) in [5.41, 5.74) is 0. The van der Waals surface area contributed by atoms with Gasteiger partial charge in [0.15, 0.2) is 6.29 Å². The Morgan fingerprint density at radius 1 is 0.611 bits per heavy atom. The molecule has 1 saturated heterocycles. The minimum atomic E-state index is -1.55. The summed E-state index contributed by atoms with van der Waals surface area (Å²) >= 11 is 0. The van der Waals surface area contributed by atoms with E-state index in [-0.39, 0.29) is 25.6 Å². The molecule has 1 fully saturated rings. The fourth-order valence-corrected chi connectivity index (χ4v) is 5.55. The highest BCUT2D eigenvalue weighted by Gasteiger charge is 2.44. The second-order valence-corrected chi connectivity index (χ2v) is 13.7. The zero-order valence-electron chi connectivity index (χ0n) is 33.4. The van der Waals surface area contributed by atoms with Gasteiger partial charge in [0.25, 0.3) is 0 Å². The number of aliphatic hydroxyl groups excluding tert-OH is 4. The van der Waals surface area contributed by atoms with E-state index in [1.54, 1.807) is 0 Å². The summed E-state index contributed by atoms with van der Waals surface area (Å²) < 4.78 is 22.7. The largest absolute Gasteiger partial charge is 0.457 e. The molecule has 1 aliphatic heterocycles. The van der Waals surface area contributed by atoms with Crippen LogP contribution in [0.15, 0.2) is 85.1 Å². The molecular formula is C45H74O9. The normalized spacial score (nSPS) is 21.8. The van der Waals surface area contributed by atoms with Crippen molar-refractivity contribution in [3.05, 3.63) is 85.1 Å². The standard InChI is InChI=1S/C45H74O9/c1-3-5-7-9-11-13-15-17-18-19-20-21-23-25-27-29-31-33-35-51-37-39(38-52-45-44(50)43(49)42(48)40(36-46)54-45)53-41(47)34-32-30-28-26-24-22-16-14-12-10-8-6-4-2/h5,7-8,10-11,13-14,16-18,20-21,25,27,39-40,42-46,48-50H,3-4,6,9,12,15,19,22-24,26,28-38H2,1-2H3/b7-5-,10-8-,13-11-,16-14-,18-17-,21-20-,27-25-. The third kappa shape index (κ3) is 27.0. The van der Waals surface area contributed by atoms with Gasteiger partial charge in [0, 0.05) is 13.0 Å². The van der Waals surface area contributed by atoms with Crippen molar-refractivity contribution in [3.63, 3.8) is 0 Å². The Morgan fingerprint density at radius 2 is 1.13 bits per heavy atom. The van der Waals surface area contributed by atoms with E-state index < -0.39 is 43.4 Å². The summed E-state index contributed by atoms with van der Waals surface area (Å²) in [5, 5.41) is 40.0. The van der Waals surface area contributed by atoms with Gasteiger partial charge in [-0.1, -0.05) is 125 Å². The number of hydrogen-bond donors (Lipinski definition) is 4. The second kappa shape index (κ2) is 36.0. The van der Waals surface area contributed by atoms with E-state index in [4.69, 9.17) is 18.9 Å². The van der Waals surface area contributed by atoms with Gasteiger partial charge in [-0.3, -0.25) is 4.79 Å². The van der Waals surface area contributed by atoms with Crippen LogP contribution in [0.5, 0.6) is 0 Å². The lowest BCUT2D eigenvalue weighted by molar-refractivity contribution is -0.305. The zero-order chi connectivity index (χ0) is 39.3. The zero-order valence-corrected chi connectivity index (χ0v) is 33.4. The van der Waals surface area contributed by atoms with E-state index in [2.05, 4.69) is 98.9 Å². The van der Waals surface area contributed by atoms with Gasteiger partial charge < -0.3 is 39.4 Å². The molecule has 9 nitrogen and oxygen atoms in total. The van der Waals surface area contributed by atoms with Crippen LogP contribution in [-0.2, 0) is 23.7 Å². The Balaban J connectivity index is 2.36. The molecule has 0 radical (unpaired) electrons. The summed E-state index contributed by atoms with van der Waals surface area (Å²) in [5.74, 6) is -0.349. The molecule has 0 bridgehead atoms. The number of unbranched alkanes of at least 4 members (excludes halogenated alkanes) is 8. The summed E-state index contributed by atoms with van der Waals surface area (Å²) in [6.45, 7) is 4.22. The lowest BCUT2D eigenvalue weighted by atomic mass is 9.99.